The molecule has 0 spiro atoms. The molecular formula is C10H11ClF2O3. The molecule has 0 saturated carbocycles. The van der Waals surface area contributed by atoms with Crippen LogP contribution in [0.4, 0.5) is 8.78 Å². The van der Waals surface area contributed by atoms with Gasteiger partial charge in [-0.15, -0.1) is 11.6 Å². The van der Waals surface area contributed by atoms with Crippen molar-refractivity contribution in [1.82, 2.24) is 0 Å². The Morgan fingerprint density at radius 2 is 1.75 bits per heavy atom. The molecule has 1 rings (SSSR count). The summed E-state index contributed by atoms with van der Waals surface area (Å²) in [5.74, 6) is -0.123. The highest BCUT2D eigenvalue weighted by Gasteiger charge is 2.17. The first-order valence-corrected chi connectivity index (χ1v) is 5.05. The fraction of sp³-hybridized carbons (Fsp3) is 0.400. The van der Waals surface area contributed by atoms with Crippen LogP contribution in [-0.2, 0) is 0 Å². The summed E-state index contributed by atoms with van der Waals surface area (Å²) in [4.78, 5) is 0. The van der Waals surface area contributed by atoms with E-state index in [2.05, 4.69) is 4.74 Å². The van der Waals surface area contributed by atoms with Gasteiger partial charge in [0.2, 0.25) is 0 Å². The maximum absolute atomic E-state index is 11.8. The standard InChI is InChI=1S/C10H11ClF2O3/c11-5-8(14)9(15)6-1-3-7(4-2-6)16-10(12)13/h1-4,8-10,14-15H,5H2. The molecule has 0 aliphatic rings. The van der Waals surface area contributed by atoms with Crippen molar-refractivity contribution in [3.63, 3.8) is 0 Å². The molecule has 2 N–H and O–H groups in total. The first-order valence-electron chi connectivity index (χ1n) is 4.51. The summed E-state index contributed by atoms with van der Waals surface area (Å²) >= 11 is 5.36. The molecule has 0 heterocycles. The van der Waals surface area contributed by atoms with Gasteiger partial charge in [0.05, 0.1) is 12.0 Å². The highest BCUT2D eigenvalue weighted by Crippen LogP contribution is 2.21. The van der Waals surface area contributed by atoms with Gasteiger partial charge in [0.1, 0.15) is 11.9 Å². The summed E-state index contributed by atoms with van der Waals surface area (Å²) < 4.78 is 27.8. The molecule has 1 aromatic carbocycles. The molecule has 1 aromatic rings. The van der Waals surface area contributed by atoms with Crippen LogP contribution < -0.4 is 4.74 Å². The molecule has 3 nitrogen and oxygen atoms in total. The van der Waals surface area contributed by atoms with Crippen molar-refractivity contribution in [2.75, 3.05) is 5.88 Å². The fourth-order valence-electron chi connectivity index (χ4n) is 1.15. The molecule has 0 amide bonds. The summed E-state index contributed by atoms with van der Waals surface area (Å²) in [7, 11) is 0. The van der Waals surface area contributed by atoms with E-state index in [0.717, 1.165) is 0 Å². The Morgan fingerprint density at radius 1 is 1.19 bits per heavy atom. The van der Waals surface area contributed by atoms with E-state index in [1.165, 1.54) is 24.3 Å². The minimum absolute atomic E-state index is 0.00804. The second kappa shape index (κ2) is 5.98. The highest BCUT2D eigenvalue weighted by atomic mass is 35.5. The lowest BCUT2D eigenvalue weighted by molar-refractivity contribution is -0.0499. The number of benzene rings is 1. The second-order valence-electron chi connectivity index (χ2n) is 3.11. The van der Waals surface area contributed by atoms with Crippen LogP contribution in [0.15, 0.2) is 24.3 Å². The monoisotopic (exact) mass is 252 g/mol. The quantitative estimate of drug-likeness (QED) is 0.787. The van der Waals surface area contributed by atoms with E-state index in [1.807, 2.05) is 0 Å². The van der Waals surface area contributed by atoms with Gasteiger partial charge < -0.3 is 14.9 Å². The number of rotatable bonds is 5. The van der Waals surface area contributed by atoms with E-state index < -0.39 is 18.8 Å². The third-order valence-electron chi connectivity index (χ3n) is 1.97. The largest absolute Gasteiger partial charge is 0.435 e. The van der Waals surface area contributed by atoms with Crippen molar-refractivity contribution < 1.29 is 23.7 Å². The zero-order valence-electron chi connectivity index (χ0n) is 8.19. The number of ether oxygens (including phenoxy) is 1. The van der Waals surface area contributed by atoms with Crippen molar-refractivity contribution in [3.8, 4) is 5.75 Å². The SMILES string of the molecule is OC(CCl)C(O)c1ccc(OC(F)F)cc1. The first-order chi connectivity index (χ1) is 7.54. The van der Waals surface area contributed by atoms with E-state index in [-0.39, 0.29) is 11.6 Å². The van der Waals surface area contributed by atoms with Crippen molar-refractivity contribution in [1.29, 1.82) is 0 Å². The molecule has 2 atom stereocenters. The third-order valence-corrected chi connectivity index (χ3v) is 2.29. The second-order valence-corrected chi connectivity index (χ2v) is 3.42. The predicted molar refractivity (Wildman–Crippen MR) is 54.8 cm³/mol. The van der Waals surface area contributed by atoms with Gasteiger partial charge in [-0.2, -0.15) is 8.78 Å². The highest BCUT2D eigenvalue weighted by molar-refractivity contribution is 6.18. The van der Waals surface area contributed by atoms with E-state index in [4.69, 9.17) is 11.6 Å². The smallest absolute Gasteiger partial charge is 0.387 e. The summed E-state index contributed by atoms with van der Waals surface area (Å²) in [6, 6.07) is 5.34. The van der Waals surface area contributed by atoms with Gasteiger partial charge in [-0.3, -0.25) is 0 Å². The number of halogens is 3. The van der Waals surface area contributed by atoms with Crippen LogP contribution in [0.1, 0.15) is 11.7 Å². The number of hydrogen-bond acceptors (Lipinski definition) is 3. The number of hydrogen-bond donors (Lipinski definition) is 2. The van der Waals surface area contributed by atoms with Crippen LogP contribution in [0.3, 0.4) is 0 Å². The Labute approximate surface area is 96.2 Å². The van der Waals surface area contributed by atoms with E-state index >= 15 is 0 Å². The summed E-state index contributed by atoms with van der Waals surface area (Å²) in [5.41, 5.74) is 0.384. The normalized spacial score (nSPS) is 14.9. The zero-order valence-corrected chi connectivity index (χ0v) is 8.94. The molecule has 0 aliphatic carbocycles. The van der Waals surface area contributed by atoms with Gasteiger partial charge in [-0.1, -0.05) is 12.1 Å². The van der Waals surface area contributed by atoms with E-state index in [1.54, 1.807) is 0 Å². The van der Waals surface area contributed by atoms with Gasteiger partial charge in [-0.05, 0) is 17.7 Å². The Bertz CT molecular complexity index is 318. The van der Waals surface area contributed by atoms with Gasteiger partial charge in [0, 0.05) is 0 Å². The Morgan fingerprint density at radius 3 is 2.19 bits per heavy atom. The van der Waals surface area contributed by atoms with Crippen LogP contribution in [0.25, 0.3) is 0 Å². The lowest BCUT2D eigenvalue weighted by Gasteiger charge is -2.15. The maximum atomic E-state index is 11.8. The predicted octanol–water partition coefficient (Wildman–Crippen LogP) is 1.92. The lowest BCUT2D eigenvalue weighted by atomic mass is 10.1. The Kier molecular flexibility index (Phi) is 4.92. The Balaban J connectivity index is 2.70. The molecule has 0 aliphatic heterocycles. The first kappa shape index (κ1) is 13.2. The lowest BCUT2D eigenvalue weighted by Crippen LogP contribution is -2.19. The van der Waals surface area contributed by atoms with Gasteiger partial charge >= 0.3 is 6.61 Å². The average Bonchev–Trinajstić information content (AvgIpc) is 2.27. The number of aliphatic hydroxyl groups is 2. The number of aliphatic hydroxyl groups excluding tert-OH is 2. The Hall–Kier alpha value is -0.910. The topological polar surface area (TPSA) is 49.7 Å². The molecule has 90 valence electrons. The molecule has 2 unspecified atom stereocenters. The van der Waals surface area contributed by atoms with Gasteiger partial charge in [-0.25, -0.2) is 0 Å². The van der Waals surface area contributed by atoms with Crippen molar-refractivity contribution in [3.05, 3.63) is 29.8 Å². The molecular weight excluding hydrogens is 242 g/mol. The third kappa shape index (κ3) is 3.59. The molecule has 16 heavy (non-hydrogen) atoms. The zero-order chi connectivity index (χ0) is 12.1. The molecule has 0 saturated heterocycles. The van der Waals surface area contributed by atoms with Crippen molar-refractivity contribution in [2.24, 2.45) is 0 Å². The minimum atomic E-state index is -2.88. The van der Waals surface area contributed by atoms with Crippen molar-refractivity contribution >= 4 is 11.6 Å². The van der Waals surface area contributed by atoms with Crippen LogP contribution in [0.2, 0.25) is 0 Å². The molecule has 0 radical (unpaired) electrons. The summed E-state index contributed by atoms with van der Waals surface area (Å²) in [5, 5.41) is 18.8. The molecule has 0 bridgehead atoms. The van der Waals surface area contributed by atoms with E-state index in [9.17, 15) is 19.0 Å². The molecule has 0 fully saturated rings. The summed E-state index contributed by atoms with van der Waals surface area (Å²) in [6.07, 6.45) is -2.23. The average molecular weight is 253 g/mol. The maximum Gasteiger partial charge on any atom is 0.387 e. The van der Waals surface area contributed by atoms with Crippen LogP contribution in [0, 0.1) is 0 Å². The van der Waals surface area contributed by atoms with Gasteiger partial charge in [0.25, 0.3) is 0 Å². The fourth-order valence-corrected chi connectivity index (χ4v) is 1.32. The summed E-state index contributed by atoms with van der Waals surface area (Å²) in [6.45, 7) is -2.88. The van der Waals surface area contributed by atoms with Crippen molar-refractivity contribution in [2.45, 2.75) is 18.8 Å². The van der Waals surface area contributed by atoms with Crippen LogP contribution >= 0.6 is 11.6 Å². The van der Waals surface area contributed by atoms with Crippen LogP contribution in [-0.4, -0.2) is 28.8 Å². The molecule has 0 aromatic heterocycles. The van der Waals surface area contributed by atoms with E-state index in [0.29, 0.717) is 5.56 Å². The minimum Gasteiger partial charge on any atom is -0.435 e. The molecule has 6 heteroatoms. The van der Waals surface area contributed by atoms with Gasteiger partial charge in [0.15, 0.2) is 0 Å². The number of alkyl halides is 3. The van der Waals surface area contributed by atoms with Crippen LogP contribution in [0.5, 0.6) is 5.75 Å².